The third-order valence-electron chi connectivity index (χ3n) is 4.36. The van der Waals surface area contributed by atoms with Crippen molar-refractivity contribution in [3.8, 4) is 0 Å². The van der Waals surface area contributed by atoms with Crippen LogP contribution >= 0.6 is 0 Å². The van der Waals surface area contributed by atoms with E-state index in [0.29, 0.717) is 6.04 Å². The van der Waals surface area contributed by atoms with Crippen molar-refractivity contribution in [2.24, 2.45) is 11.8 Å². The summed E-state index contributed by atoms with van der Waals surface area (Å²) in [6, 6.07) is 0.666. The number of nitrogens with zero attached hydrogens (tertiary/aromatic N) is 1. The molecule has 0 spiro atoms. The third kappa shape index (κ3) is 6.75. The van der Waals surface area contributed by atoms with Gasteiger partial charge in [-0.15, -0.1) is 0 Å². The quantitative estimate of drug-likeness (QED) is 0.667. The molecule has 0 heterocycles. The highest BCUT2D eigenvalue weighted by atomic mass is 15.1. The first kappa shape index (κ1) is 16.0. The number of likely N-dealkylation sites (N-methyl/N-ethyl adjacent to an activating group) is 1. The summed E-state index contributed by atoms with van der Waals surface area (Å²) in [6.45, 7) is 10.5. The Kier molecular flexibility index (Phi) is 7.92. The fraction of sp³-hybridized carbons (Fsp3) is 1.00. The van der Waals surface area contributed by atoms with Crippen LogP contribution in [-0.2, 0) is 0 Å². The average Bonchev–Trinajstić information content (AvgIpc) is 2.35. The lowest BCUT2D eigenvalue weighted by Gasteiger charge is -2.31. The summed E-state index contributed by atoms with van der Waals surface area (Å²) in [7, 11) is 2.30. The van der Waals surface area contributed by atoms with Gasteiger partial charge in [-0.25, -0.2) is 0 Å². The van der Waals surface area contributed by atoms with Crippen molar-refractivity contribution in [2.75, 3.05) is 26.7 Å². The van der Waals surface area contributed by atoms with Gasteiger partial charge in [-0.2, -0.15) is 0 Å². The summed E-state index contributed by atoms with van der Waals surface area (Å²) < 4.78 is 0. The lowest BCUT2D eigenvalue weighted by Crippen LogP contribution is -2.41. The first-order valence-corrected chi connectivity index (χ1v) is 8.00. The van der Waals surface area contributed by atoms with Crippen LogP contribution in [0.5, 0.6) is 0 Å². The second-order valence-electron chi connectivity index (χ2n) is 6.68. The molecular formula is C16H34N2. The van der Waals surface area contributed by atoms with Crippen molar-refractivity contribution in [3.63, 3.8) is 0 Å². The summed E-state index contributed by atoms with van der Waals surface area (Å²) in [5.74, 6) is 1.77. The molecule has 0 aromatic carbocycles. The van der Waals surface area contributed by atoms with E-state index in [0.717, 1.165) is 18.4 Å². The third-order valence-corrected chi connectivity index (χ3v) is 4.36. The zero-order chi connectivity index (χ0) is 13.4. The minimum absolute atomic E-state index is 0.666. The molecule has 1 N–H and O–H groups in total. The van der Waals surface area contributed by atoms with Crippen LogP contribution in [0.3, 0.4) is 0 Å². The summed E-state index contributed by atoms with van der Waals surface area (Å²) in [4.78, 5) is 2.55. The maximum atomic E-state index is 3.59. The van der Waals surface area contributed by atoms with Gasteiger partial charge in [0.15, 0.2) is 0 Å². The summed E-state index contributed by atoms with van der Waals surface area (Å²) in [5, 5.41) is 3.59. The largest absolute Gasteiger partial charge is 0.315 e. The minimum Gasteiger partial charge on any atom is -0.315 e. The highest BCUT2D eigenvalue weighted by Gasteiger charge is 2.17. The fourth-order valence-corrected chi connectivity index (χ4v) is 2.81. The van der Waals surface area contributed by atoms with Crippen LogP contribution in [0.2, 0.25) is 0 Å². The Balaban J connectivity index is 2.09. The minimum atomic E-state index is 0.666. The van der Waals surface area contributed by atoms with E-state index in [1.165, 1.54) is 51.6 Å². The van der Waals surface area contributed by atoms with Crippen LogP contribution in [0, 0.1) is 11.8 Å². The SMILES string of the molecule is CC(C)CCNCC(C)N(C)CC1CCCCC1. The van der Waals surface area contributed by atoms with Crippen LogP contribution in [0.15, 0.2) is 0 Å². The van der Waals surface area contributed by atoms with Crippen molar-refractivity contribution in [1.82, 2.24) is 10.2 Å². The summed E-state index contributed by atoms with van der Waals surface area (Å²) in [5.41, 5.74) is 0. The molecule has 0 aromatic rings. The van der Waals surface area contributed by atoms with E-state index in [-0.39, 0.29) is 0 Å². The lowest BCUT2D eigenvalue weighted by atomic mass is 9.89. The van der Waals surface area contributed by atoms with Crippen LogP contribution in [-0.4, -0.2) is 37.6 Å². The zero-order valence-electron chi connectivity index (χ0n) is 13.0. The molecule has 0 aliphatic heterocycles. The number of hydrogen-bond acceptors (Lipinski definition) is 2. The van der Waals surface area contributed by atoms with Gasteiger partial charge >= 0.3 is 0 Å². The molecule has 1 atom stereocenters. The van der Waals surface area contributed by atoms with Crippen LogP contribution in [0.25, 0.3) is 0 Å². The normalized spacial score (nSPS) is 19.7. The van der Waals surface area contributed by atoms with E-state index in [1.807, 2.05) is 0 Å². The van der Waals surface area contributed by atoms with E-state index in [1.54, 1.807) is 0 Å². The molecule has 1 aliphatic carbocycles. The van der Waals surface area contributed by atoms with E-state index < -0.39 is 0 Å². The van der Waals surface area contributed by atoms with Gasteiger partial charge in [0.2, 0.25) is 0 Å². The zero-order valence-corrected chi connectivity index (χ0v) is 13.0. The maximum Gasteiger partial charge on any atom is 0.0189 e. The van der Waals surface area contributed by atoms with Gasteiger partial charge in [0.05, 0.1) is 0 Å². The monoisotopic (exact) mass is 254 g/mol. The Bertz CT molecular complexity index is 197. The maximum absolute atomic E-state index is 3.59. The first-order chi connectivity index (χ1) is 8.59. The number of hydrogen-bond donors (Lipinski definition) is 1. The summed E-state index contributed by atoms with van der Waals surface area (Å²) >= 11 is 0. The number of nitrogens with one attached hydrogen (secondary N) is 1. The Labute approximate surface area is 115 Å². The molecule has 1 rings (SSSR count). The smallest absolute Gasteiger partial charge is 0.0189 e. The fourth-order valence-electron chi connectivity index (χ4n) is 2.81. The van der Waals surface area contributed by atoms with Crippen molar-refractivity contribution < 1.29 is 0 Å². The van der Waals surface area contributed by atoms with E-state index in [4.69, 9.17) is 0 Å². The molecule has 1 unspecified atom stereocenters. The van der Waals surface area contributed by atoms with E-state index in [2.05, 4.69) is 38.0 Å². The van der Waals surface area contributed by atoms with Gasteiger partial charge in [-0.3, -0.25) is 0 Å². The molecule has 1 saturated carbocycles. The predicted molar refractivity (Wildman–Crippen MR) is 81.0 cm³/mol. The van der Waals surface area contributed by atoms with Crippen molar-refractivity contribution >= 4 is 0 Å². The molecule has 0 radical (unpaired) electrons. The lowest BCUT2D eigenvalue weighted by molar-refractivity contribution is 0.188. The van der Waals surface area contributed by atoms with Gasteiger partial charge in [-0.05, 0) is 51.6 Å². The highest BCUT2D eigenvalue weighted by Crippen LogP contribution is 2.24. The second kappa shape index (κ2) is 8.92. The van der Waals surface area contributed by atoms with Crippen molar-refractivity contribution in [2.45, 2.75) is 65.3 Å². The molecular weight excluding hydrogens is 220 g/mol. The average molecular weight is 254 g/mol. The standard InChI is InChI=1S/C16H34N2/c1-14(2)10-11-17-12-15(3)18(4)13-16-8-6-5-7-9-16/h14-17H,5-13H2,1-4H3. The molecule has 1 aliphatic rings. The molecule has 0 bridgehead atoms. The Morgan fingerprint density at radius 1 is 1.11 bits per heavy atom. The van der Waals surface area contributed by atoms with Crippen LogP contribution < -0.4 is 5.32 Å². The Morgan fingerprint density at radius 3 is 2.39 bits per heavy atom. The first-order valence-electron chi connectivity index (χ1n) is 8.00. The molecule has 0 aromatic heterocycles. The molecule has 0 saturated heterocycles. The molecule has 18 heavy (non-hydrogen) atoms. The molecule has 2 nitrogen and oxygen atoms in total. The van der Waals surface area contributed by atoms with Gasteiger partial charge in [0, 0.05) is 19.1 Å². The predicted octanol–water partition coefficient (Wildman–Crippen LogP) is 3.52. The topological polar surface area (TPSA) is 15.3 Å². The van der Waals surface area contributed by atoms with E-state index in [9.17, 15) is 0 Å². The molecule has 0 amide bonds. The van der Waals surface area contributed by atoms with Gasteiger partial charge in [0.25, 0.3) is 0 Å². The van der Waals surface area contributed by atoms with Crippen molar-refractivity contribution in [1.29, 1.82) is 0 Å². The van der Waals surface area contributed by atoms with Gasteiger partial charge < -0.3 is 10.2 Å². The van der Waals surface area contributed by atoms with Crippen LogP contribution in [0.4, 0.5) is 0 Å². The highest BCUT2D eigenvalue weighted by molar-refractivity contribution is 4.73. The van der Waals surface area contributed by atoms with Gasteiger partial charge in [0.1, 0.15) is 0 Å². The second-order valence-corrected chi connectivity index (χ2v) is 6.68. The Hall–Kier alpha value is -0.0800. The molecule has 108 valence electrons. The molecule has 2 heteroatoms. The van der Waals surface area contributed by atoms with Crippen LogP contribution in [0.1, 0.15) is 59.3 Å². The number of rotatable bonds is 8. The van der Waals surface area contributed by atoms with E-state index >= 15 is 0 Å². The van der Waals surface area contributed by atoms with Crippen molar-refractivity contribution in [3.05, 3.63) is 0 Å². The summed E-state index contributed by atoms with van der Waals surface area (Å²) in [6.07, 6.45) is 8.58. The Morgan fingerprint density at radius 2 is 1.78 bits per heavy atom. The molecule has 1 fully saturated rings. The van der Waals surface area contributed by atoms with Gasteiger partial charge in [-0.1, -0.05) is 33.1 Å².